The molecule has 8 heteroatoms. The van der Waals surface area contributed by atoms with Crippen LogP contribution >= 0.6 is 0 Å². The van der Waals surface area contributed by atoms with Crippen LogP contribution in [0.2, 0.25) is 0 Å². The first kappa shape index (κ1) is 29.2. The maximum absolute atomic E-state index is 13.3. The van der Waals surface area contributed by atoms with Crippen molar-refractivity contribution in [2.24, 2.45) is 5.92 Å². The number of nitrogens with zero attached hydrogens (tertiary/aromatic N) is 3. The number of amides is 1. The van der Waals surface area contributed by atoms with Crippen molar-refractivity contribution in [3.05, 3.63) is 47.5 Å². The quantitative estimate of drug-likeness (QED) is 0.555. The molecule has 2 heterocycles. The Labute approximate surface area is 233 Å². The van der Waals surface area contributed by atoms with Crippen LogP contribution in [0.15, 0.2) is 36.4 Å². The van der Waals surface area contributed by atoms with Crippen LogP contribution in [0.25, 0.3) is 0 Å². The van der Waals surface area contributed by atoms with E-state index < -0.39 is 0 Å². The van der Waals surface area contributed by atoms with Gasteiger partial charge in [-0.25, -0.2) is 0 Å². The van der Waals surface area contributed by atoms with Gasteiger partial charge in [-0.1, -0.05) is 13.3 Å². The van der Waals surface area contributed by atoms with Crippen molar-refractivity contribution in [1.29, 1.82) is 0 Å². The number of unbranched alkanes of at least 4 members (excludes halogenated alkanes) is 1. The van der Waals surface area contributed by atoms with Crippen LogP contribution in [0.5, 0.6) is 5.75 Å². The van der Waals surface area contributed by atoms with Crippen LogP contribution in [-0.2, 0) is 22.4 Å². The maximum atomic E-state index is 13.3. The summed E-state index contributed by atoms with van der Waals surface area (Å²) >= 11 is 0. The second-order valence-electron chi connectivity index (χ2n) is 10.7. The molecule has 2 aliphatic heterocycles. The largest absolute Gasteiger partial charge is 0.496 e. The molecule has 0 saturated carbocycles. The Bertz CT molecular complexity index is 1050. The lowest BCUT2D eigenvalue weighted by Crippen LogP contribution is -2.45. The van der Waals surface area contributed by atoms with Gasteiger partial charge in [0.05, 0.1) is 20.3 Å². The lowest BCUT2D eigenvalue weighted by molar-refractivity contribution is -0.120. The maximum Gasteiger partial charge on any atom is 0.227 e. The van der Waals surface area contributed by atoms with Gasteiger partial charge < -0.3 is 34.6 Å². The van der Waals surface area contributed by atoms with Gasteiger partial charge in [-0.15, -0.1) is 0 Å². The molecule has 2 aromatic carbocycles. The molecule has 5 rings (SSSR count). The predicted octanol–water partition coefficient (Wildman–Crippen LogP) is 3.81. The molecule has 3 aliphatic rings. The summed E-state index contributed by atoms with van der Waals surface area (Å²) in [6.07, 6.45) is 4.50. The summed E-state index contributed by atoms with van der Waals surface area (Å²) in [6.45, 7) is 9.90. The summed E-state index contributed by atoms with van der Waals surface area (Å²) in [5.74, 6) is 1.02. The van der Waals surface area contributed by atoms with Gasteiger partial charge in [0, 0.05) is 68.9 Å². The summed E-state index contributed by atoms with van der Waals surface area (Å²) in [6, 6.07) is 12.5. The van der Waals surface area contributed by atoms with Crippen molar-refractivity contribution in [3.8, 4) is 5.75 Å². The lowest BCUT2D eigenvalue weighted by atomic mass is 9.81. The Kier molecular flexibility index (Phi) is 10.9. The molecular formula is C31H46N4O4. The normalized spacial score (nSPS) is 19.5. The first-order valence-electron chi connectivity index (χ1n) is 14.5. The molecule has 1 amide bonds. The van der Waals surface area contributed by atoms with Crippen LogP contribution in [0, 0.1) is 5.92 Å². The van der Waals surface area contributed by atoms with Crippen molar-refractivity contribution >= 4 is 23.0 Å². The molecule has 1 unspecified atom stereocenters. The van der Waals surface area contributed by atoms with Gasteiger partial charge in [-0.3, -0.25) is 4.79 Å². The van der Waals surface area contributed by atoms with E-state index in [9.17, 15) is 4.79 Å². The van der Waals surface area contributed by atoms with E-state index in [0.717, 1.165) is 96.0 Å². The fourth-order valence-corrected chi connectivity index (χ4v) is 5.57. The zero-order chi connectivity index (χ0) is 27.6. The van der Waals surface area contributed by atoms with Gasteiger partial charge in [-0.05, 0) is 80.3 Å². The number of morpholine rings is 1. The van der Waals surface area contributed by atoms with E-state index in [4.69, 9.17) is 14.6 Å². The smallest absolute Gasteiger partial charge is 0.227 e. The number of ether oxygens (including phenoxy) is 2. The number of likely N-dealkylation sites (N-methyl/N-ethyl adjacent to an activating group) is 1. The van der Waals surface area contributed by atoms with Gasteiger partial charge in [-0.2, -0.15) is 0 Å². The number of fused-ring (bicyclic) bond motifs is 1. The summed E-state index contributed by atoms with van der Waals surface area (Å²) in [5.41, 5.74) is 5.88. The Morgan fingerprint density at radius 3 is 2.33 bits per heavy atom. The number of piperazine rings is 1. The zero-order valence-corrected chi connectivity index (χ0v) is 24.0. The highest BCUT2D eigenvalue weighted by molar-refractivity contribution is 5.93. The molecule has 39 heavy (non-hydrogen) atoms. The third-order valence-electron chi connectivity index (χ3n) is 8.01. The number of anilines is 3. The number of rotatable bonds is 7. The molecule has 1 atom stereocenters. The van der Waals surface area contributed by atoms with E-state index in [1.54, 1.807) is 7.11 Å². The van der Waals surface area contributed by atoms with Crippen LogP contribution < -0.4 is 19.9 Å². The molecule has 0 spiro atoms. The van der Waals surface area contributed by atoms with Crippen LogP contribution in [-0.4, -0.2) is 89.2 Å². The molecule has 2 aromatic rings. The first-order chi connectivity index (χ1) is 19.0. The molecule has 1 aliphatic carbocycles. The summed E-state index contributed by atoms with van der Waals surface area (Å²) in [7, 11) is 3.92. The van der Waals surface area contributed by atoms with E-state index in [0.29, 0.717) is 6.61 Å². The fourth-order valence-electron chi connectivity index (χ4n) is 5.57. The molecule has 2 N–H and O–H groups in total. The molecule has 0 bridgehead atoms. The van der Waals surface area contributed by atoms with Gasteiger partial charge in [0.25, 0.3) is 0 Å². The number of hydrogen-bond acceptors (Lipinski definition) is 7. The molecule has 2 fully saturated rings. The highest BCUT2D eigenvalue weighted by Crippen LogP contribution is 2.39. The fraction of sp³-hybridized carbons (Fsp3) is 0.581. The number of carbonyl (C=O) groups excluding carboxylic acids is 1. The van der Waals surface area contributed by atoms with E-state index >= 15 is 0 Å². The molecule has 214 valence electrons. The van der Waals surface area contributed by atoms with Crippen molar-refractivity contribution < 1.29 is 19.4 Å². The minimum absolute atomic E-state index is 0.0373. The lowest BCUT2D eigenvalue weighted by Gasteiger charge is -2.37. The summed E-state index contributed by atoms with van der Waals surface area (Å²) in [4.78, 5) is 20.4. The van der Waals surface area contributed by atoms with Gasteiger partial charge >= 0.3 is 0 Å². The Morgan fingerprint density at radius 1 is 1.00 bits per heavy atom. The highest BCUT2D eigenvalue weighted by Gasteiger charge is 2.30. The van der Waals surface area contributed by atoms with Gasteiger partial charge in [0.15, 0.2) is 0 Å². The minimum atomic E-state index is -0.0373. The average Bonchev–Trinajstić information content (AvgIpc) is 2.98. The number of carbonyl (C=O) groups is 1. The summed E-state index contributed by atoms with van der Waals surface area (Å²) in [5, 5.41) is 11.2. The van der Waals surface area contributed by atoms with Crippen molar-refractivity contribution in [1.82, 2.24) is 4.90 Å². The second-order valence-corrected chi connectivity index (χ2v) is 10.7. The molecule has 0 radical (unpaired) electrons. The van der Waals surface area contributed by atoms with E-state index in [2.05, 4.69) is 58.3 Å². The number of hydrogen-bond donors (Lipinski definition) is 2. The molecular weight excluding hydrogens is 492 g/mol. The monoisotopic (exact) mass is 538 g/mol. The Morgan fingerprint density at radius 2 is 1.72 bits per heavy atom. The summed E-state index contributed by atoms with van der Waals surface area (Å²) < 4.78 is 11.1. The van der Waals surface area contributed by atoms with Crippen LogP contribution in [0.3, 0.4) is 0 Å². The number of methoxy groups -OCH3 is 1. The van der Waals surface area contributed by atoms with Crippen LogP contribution in [0.1, 0.15) is 37.3 Å². The molecule has 2 saturated heterocycles. The van der Waals surface area contributed by atoms with E-state index in [-0.39, 0.29) is 11.8 Å². The zero-order valence-electron chi connectivity index (χ0n) is 24.0. The van der Waals surface area contributed by atoms with Crippen molar-refractivity contribution in [2.75, 3.05) is 88.4 Å². The molecule has 0 aromatic heterocycles. The highest BCUT2D eigenvalue weighted by atomic mass is 16.5. The third-order valence-corrected chi connectivity index (χ3v) is 8.01. The SMILES string of the molecule is CCCCO.COc1ccc(N2CCN(C)CC2)c2c1CCC(C(=O)Nc1ccc(N3CCOCC3)cc1)C2. The average molecular weight is 539 g/mol. The minimum Gasteiger partial charge on any atom is -0.496 e. The van der Waals surface area contributed by atoms with Crippen molar-refractivity contribution in [3.63, 3.8) is 0 Å². The Hall–Kier alpha value is -2.81. The number of nitrogens with one attached hydrogen (secondary N) is 1. The Balaban J connectivity index is 0.000000648. The first-order valence-corrected chi connectivity index (χ1v) is 14.5. The predicted molar refractivity (Wildman–Crippen MR) is 158 cm³/mol. The van der Waals surface area contributed by atoms with Crippen LogP contribution in [0.4, 0.5) is 17.1 Å². The van der Waals surface area contributed by atoms with Gasteiger partial charge in [0.1, 0.15) is 5.75 Å². The number of aliphatic hydroxyl groups is 1. The van der Waals surface area contributed by atoms with E-state index in [1.165, 1.54) is 22.5 Å². The molecule has 8 nitrogen and oxygen atoms in total. The standard InChI is InChI=1S/C27H36N4O3.C4H10O/c1-29-11-13-31(14-12-29)25-9-10-26(33-2)23-8-3-20(19-24(23)25)27(32)28-21-4-6-22(7-5-21)30-15-17-34-18-16-30;1-2-3-4-5/h4-7,9-10,20H,3,8,11-19H2,1-2H3,(H,28,32);5H,2-4H2,1H3. The van der Waals surface area contributed by atoms with E-state index in [1.807, 2.05) is 12.1 Å². The number of benzene rings is 2. The number of aliphatic hydroxyl groups excluding tert-OH is 1. The topological polar surface area (TPSA) is 77.5 Å². The van der Waals surface area contributed by atoms with Crippen molar-refractivity contribution in [2.45, 2.75) is 39.0 Å². The second kappa shape index (κ2) is 14.5. The van der Waals surface area contributed by atoms with Gasteiger partial charge in [0.2, 0.25) is 5.91 Å². The third kappa shape index (κ3) is 7.65.